The number of sulfonamides is 1. The van der Waals surface area contributed by atoms with E-state index in [9.17, 15) is 18.5 Å². The number of hydrazone groups is 1. The highest BCUT2D eigenvalue weighted by atomic mass is 32.2. The number of non-ortho nitro benzene ring substituents is 1. The summed E-state index contributed by atoms with van der Waals surface area (Å²) in [7, 11) is -4.19. The number of anilines is 5. The molecule has 0 aliphatic carbocycles. The third kappa shape index (κ3) is 6.88. The number of para-hydroxylation sites is 2. The van der Waals surface area contributed by atoms with Gasteiger partial charge < -0.3 is 4.90 Å². The van der Waals surface area contributed by atoms with Gasteiger partial charge in [0.15, 0.2) is 0 Å². The summed E-state index contributed by atoms with van der Waals surface area (Å²) in [6.45, 7) is 3.69. The fourth-order valence-corrected chi connectivity index (χ4v) is 5.86. The molecule has 5 aromatic rings. The molecular formula is C33H29N5O4S. The van der Waals surface area contributed by atoms with Crippen LogP contribution >= 0.6 is 0 Å². The third-order valence-corrected chi connectivity index (χ3v) is 8.08. The maximum Gasteiger partial charge on any atom is 0.270 e. The second-order valence-corrected chi connectivity index (χ2v) is 11.5. The van der Waals surface area contributed by atoms with Gasteiger partial charge >= 0.3 is 0 Å². The summed E-state index contributed by atoms with van der Waals surface area (Å²) in [4.78, 5) is 12.6. The van der Waals surface area contributed by atoms with Crippen LogP contribution in [0.2, 0.25) is 0 Å². The molecule has 10 heteroatoms. The van der Waals surface area contributed by atoms with E-state index in [1.807, 2.05) is 97.9 Å². The molecule has 0 unspecified atom stereocenters. The summed E-state index contributed by atoms with van der Waals surface area (Å²) in [6.07, 6.45) is 1.55. The highest BCUT2D eigenvalue weighted by Crippen LogP contribution is 2.34. The minimum Gasteiger partial charge on any atom is -0.311 e. The average molecular weight is 592 g/mol. The number of nitrogens with zero attached hydrogens (tertiary/aromatic N) is 3. The SMILES string of the molecule is Cc1ccc(NS(=O)(=O)c2cc([N+](=O)[O-])ccc2N/N=C\c2ccc(N(c3ccccc3)c3ccccc3)cc2)c(C)c1. The number of aryl methyl sites for hydroxylation is 2. The summed E-state index contributed by atoms with van der Waals surface area (Å²) in [5, 5.41) is 15.7. The highest BCUT2D eigenvalue weighted by molar-refractivity contribution is 7.92. The summed E-state index contributed by atoms with van der Waals surface area (Å²) >= 11 is 0. The van der Waals surface area contributed by atoms with Gasteiger partial charge in [0.2, 0.25) is 0 Å². The molecule has 0 spiro atoms. The predicted molar refractivity (Wildman–Crippen MR) is 172 cm³/mol. The molecule has 216 valence electrons. The van der Waals surface area contributed by atoms with Crippen molar-refractivity contribution in [3.05, 3.63) is 148 Å². The lowest BCUT2D eigenvalue weighted by Gasteiger charge is -2.25. The van der Waals surface area contributed by atoms with Gasteiger partial charge in [-0.3, -0.25) is 20.3 Å². The first-order chi connectivity index (χ1) is 20.7. The van der Waals surface area contributed by atoms with Crippen LogP contribution in [-0.4, -0.2) is 19.6 Å². The predicted octanol–water partition coefficient (Wildman–Crippen LogP) is 7.93. The fraction of sp³-hybridized carbons (Fsp3) is 0.0606. The first-order valence-electron chi connectivity index (χ1n) is 13.4. The van der Waals surface area contributed by atoms with Crippen LogP contribution < -0.4 is 15.0 Å². The van der Waals surface area contributed by atoms with Crippen molar-refractivity contribution < 1.29 is 13.3 Å². The number of nitrogens with one attached hydrogen (secondary N) is 2. The van der Waals surface area contributed by atoms with Crippen LogP contribution in [0.15, 0.2) is 131 Å². The topological polar surface area (TPSA) is 117 Å². The Bertz CT molecular complexity index is 1840. The number of rotatable bonds is 10. The summed E-state index contributed by atoms with van der Waals surface area (Å²) in [5.41, 5.74) is 8.31. The third-order valence-electron chi connectivity index (χ3n) is 6.67. The van der Waals surface area contributed by atoms with E-state index in [-0.39, 0.29) is 16.3 Å². The van der Waals surface area contributed by atoms with Crippen molar-refractivity contribution in [2.75, 3.05) is 15.0 Å². The summed E-state index contributed by atoms with van der Waals surface area (Å²) in [6, 6.07) is 36.6. The first kappa shape index (κ1) is 29.0. The van der Waals surface area contributed by atoms with Crippen LogP contribution in [0, 0.1) is 24.0 Å². The van der Waals surface area contributed by atoms with Crippen molar-refractivity contribution >= 4 is 50.4 Å². The van der Waals surface area contributed by atoms with E-state index >= 15 is 0 Å². The Balaban J connectivity index is 1.39. The van der Waals surface area contributed by atoms with Gasteiger partial charge in [-0.05, 0) is 73.5 Å². The fourth-order valence-electron chi connectivity index (χ4n) is 4.55. The lowest BCUT2D eigenvalue weighted by molar-refractivity contribution is -0.385. The maximum atomic E-state index is 13.4. The molecule has 0 radical (unpaired) electrons. The Hall–Kier alpha value is -5.48. The molecule has 0 saturated heterocycles. The Morgan fingerprint density at radius 1 is 0.744 bits per heavy atom. The number of hydrogen-bond acceptors (Lipinski definition) is 7. The van der Waals surface area contributed by atoms with Gasteiger partial charge in [-0.25, -0.2) is 8.42 Å². The van der Waals surface area contributed by atoms with Gasteiger partial charge in [-0.15, -0.1) is 0 Å². The van der Waals surface area contributed by atoms with Crippen molar-refractivity contribution in [3.63, 3.8) is 0 Å². The molecule has 0 amide bonds. The molecule has 0 saturated carbocycles. The molecule has 0 bridgehead atoms. The van der Waals surface area contributed by atoms with E-state index in [1.54, 1.807) is 25.3 Å². The molecule has 5 aromatic carbocycles. The van der Waals surface area contributed by atoms with Gasteiger partial charge in [0.05, 0.1) is 22.5 Å². The maximum absolute atomic E-state index is 13.4. The van der Waals surface area contributed by atoms with Crippen LogP contribution in [0.5, 0.6) is 0 Å². The van der Waals surface area contributed by atoms with E-state index < -0.39 is 14.9 Å². The van der Waals surface area contributed by atoms with Crippen LogP contribution in [0.4, 0.5) is 34.1 Å². The van der Waals surface area contributed by atoms with Crippen LogP contribution in [-0.2, 0) is 10.0 Å². The largest absolute Gasteiger partial charge is 0.311 e. The van der Waals surface area contributed by atoms with E-state index in [0.29, 0.717) is 5.69 Å². The molecule has 0 fully saturated rings. The molecule has 0 aliphatic rings. The molecule has 0 aromatic heterocycles. The number of nitro benzene ring substituents is 1. The van der Waals surface area contributed by atoms with E-state index in [0.717, 1.165) is 39.8 Å². The molecule has 5 rings (SSSR count). The van der Waals surface area contributed by atoms with Gasteiger partial charge in [0.25, 0.3) is 15.7 Å². The van der Waals surface area contributed by atoms with Gasteiger partial charge in [0.1, 0.15) is 4.90 Å². The lowest BCUT2D eigenvalue weighted by Crippen LogP contribution is -2.16. The summed E-state index contributed by atoms with van der Waals surface area (Å²) < 4.78 is 29.3. The lowest BCUT2D eigenvalue weighted by atomic mass is 10.1. The molecule has 0 heterocycles. The Kier molecular flexibility index (Phi) is 8.49. The Labute approximate surface area is 250 Å². The Morgan fingerprint density at radius 2 is 1.33 bits per heavy atom. The first-order valence-corrected chi connectivity index (χ1v) is 14.9. The average Bonchev–Trinajstić information content (AvgIpc) is 3.00. The number of nitro groups is 1. The van der Waals surface area contributed by atoms with Crippen molar-refractivity contribution in [2.45, 2.75) is 18.7 Å². The molecular weight excluding hydrogens is 562 g/mol. The molecule has 43 heavy (non-hydrogen) atoms. The monoisotopic (exact) mass is 591 g/mol. The van der Waals surface area contributed by atoms with E-state index in [1.165, 1.54) is 12.1 Å². The highest BCUT2D eigenvalue weighted by Gasteiger charge is 2.23. The van der Waals surface area contributed by atoms with E-state index in [4.69, 9.17) is 0 Å². The Morgan fingerprint density at radius 3 is 1.91 bits per heavy atom. The summed E-state index contributed by atoms with van der Waals surface area (Å²) in [5.74, 6) is 0. The van der Waals surface area contributed by atoms with Crippen molar-refractivity contribution in [1.29, 1.82) is 0 Å². The minimum absolute atomic E-state index is 0.0927. The van der Waals surface area contributed by atoms with Crippen molar-refractivity contribution in [3.8, 4) is 0 Å². The standard InChI is InChI=1S/C33H29N5O4S/c1-24-13-19-31(25(2)21-24)36-43(41,42)33-22-30(38(39)40)18-20-32(33)35-34-23-26-14-16-29(17-15-26)37(27-9-5-3-6-10-27)28-11-7-4-8-12-28/h3-23,35-36H,1-2H3/b34-23-. The smallest absolute Gasteiger partial charge is 0.270 e. The quantitative estimate of drug-likeness (QED) is 0.0968. The van der Waals surface area contributed by atoms with Gasteiger partial charge in [-0.2, -0.15) is 5.10 Å². The molecule has 0 atom stereocenters. The second-order valence-electron chi connectivity index (χ2n) is 9.83. The van der Waals surface area contributed by atoms with Gasteiger partial charge in [-0.1, -0.05) is 66.2 Å². The normalized spacial score (nSPS) is 11.3. The molecule has 2 N–H and O–H groups in total. The van der Waals surface area contributed by atoms with Crippen LogP contribution in [0.1, 0.15) is 16.7 Å². The van der Waals surface area contributed by atoms with Gasteiger partial charge in [0, 0.05) is 29.2 Å². The van der Waals surface area contributed by atoms with Crippen molar-refractivity contribution in [2.24, 2.45) is 5.10 Å². The van der Waals surface area contributed by atoms with Crippen LogP contribution in [0.3, 0.4) is 0 Å². The van der Waals surface area contributed by atoms with Crippen molar-refractivity contribution in [1.82, 2.24) is 0 Å². The van der Waals surface area contributed by atoms with E-state index in [2.05, 4.69) is 20.1 Å². The number of benzene rings is 5. The zero-order valence-electron chi connectivity index (χ0n) is 23.5. The zero-order chi connectivity index (χ0) is 30.4. The zero-order valence-corrected chi connectivity index (χ0v) is 24.3. The number of hydrogen-bond donors (Lipinski definition) is 2. The van der Waals surface area contributed by atoms with Crippen LogP contribution in [0.25, 0.3) is 0 Å². The molecule has 0 aliphatic heterocycles. The second kappa shape index (κ2) is 12.6. The molecule has 9 nitrogen and oxygen atoms in total. The minimum atomic E-state index is -4.19.